The molecule has 0 atom stereocenters. The van der Waals surface area contributed by atoms with Crippen molar-refractivity contribution in [2.24, 2.45) is 5.92 Å². The van der Waals surface area contributed by atoms with Crippen molar-refractivity contribution in [3.63, 3.8) is 0 Å². The van der Waals surface area contributed by atoms with E-state index in [0.29, 0.717) is 18.2 Å². The van der Waals surface area contributed by atoms with Crippen molar-refractivity contribution in [2.45, 2.75) is 32.7 Å². The Bertz CT molecular complexity index is 1030. The van der Waals surface area contributed by atoms with Crippen LogP contribution in [0.15, 0.2) is 48.5 Å². The zero-order valence-corrected chi connectivity index (χ0v) is 17.6. The Kier molecular flexibility index (Phi) is 5.72. The molecule has 0 aliphatic heterocycles. The van der Waals surface area contributed by atoms with Crippen LogP contribution in [-0.2, 0) is 17.8 Å². The number of aryl methyl sites for hydroxylation is 1. The summed E-state index contributed by atoms with van der Waals surface area (Å²) in [5, 5.41) is 1.53. The minimum Gasteiger partial charge on any atom is -0.497 e. The minimum atomic E-state index is 0.167. The van der Waals surface area contributed by atoms with Crippen LogP contribution in [0.25, 0.3) is 10.9 Å². The van der Waals surface area contributed by atoms with Gasteiger partial charge in [-0.2, -0.15) is 0 Å². The number of benzene rings is 2. The number of rotatable bonds is 7. The van der Waals surface area contributed by atoms with Gasteiger partial charge in [-0.15, -0.1) is 0 Å². The van der Waals surface area contributed by atoms with E-state index in [0.717, 1.165) is 41.5 Å². The number of ether oxygens (including phenoxy) is 1. The number of carbonyl (C=O) groups excluding carboxylic acids is 1. The molecule has 1 aromatic heterocycles. The molecule has 3 aromatic rings. The van der Waals surface area contributed by atoms with Gasteiger partial charge >= 0.3 is 0 Å². The summed E-state index contributed by atoms with van der Waals surface area (Å²) < 4.78 is 5.22. The van der Waals surface area contributed by atoms with Gasteiger partial charge in [0.2, 0.25) is 5.91 Å². The number of fused-ring (bicyclic) bond motifs is 1. The van der Waals surface area contributed by atoms with Crippen molar-refractivity contribution in [1.82, 2.24) is 9.88 Å². The van der Waals surface area contributed by atoms with E-state index in [4.69, 9.17) is 16.3 Å². The van der Waals surface area contributed by atoms with Gasteiger partial charge in [-0.05, 0) is 62.1 Å². The second-order valence-corrected chi connectivity index (χ2v) is 8.12. The summed E-state index contributed by atoms with van der Waals surface area (Å²) in [7, 11) is 1.66. The summed E-state index contributed by atoms with van der Waals surface area (Å²) in [6, 6.07) is 16.2. The zero-order chi connectivity index (χ0) is 20.4. The number of nitrogens with zero attached hydrogens (tertiary/aromatic N) is 2. The molecular formula is C24H25ClN2O2. The quantitative estimate of drug-likeness (QED) is 0.505. The number of methoxy groups -OCH3 is 1. The Morgan fingerprint density at radius 1 is 1.17 bits per heavy atom. The third-order valence-corrected chi connectivity index (χ3v) is 5.75. The lowest BCUT2D eigenvalue weighted by molar-refractivity contribution is -0.133. The maximum atomic E-state index is 12.9. The first-order valence-electron chi connectivity index (χ1n) is 10.0. The molecule has 150 valence electrons. The highest BCUT2D eigenvalue weighted by molar-refractivity contribution is 6.30. The van der Waals surface area contributed by atoms with Crippen molar-refractivity contribution >= 4 is 28.4 Å². The first-order chi connectivity index (χ1) is 14.0. The zero-order valence-electron chi connectivity index (χ0n) is 16.8. The molecule has 4 nitrogen and oxygen atoms in total. The molecule has 29 heavy (non-hydrogen) atoms. The molecule has 2 aromatic carbocycles. The number of hydrogen-bond donors (Lipinski definition) is 0. The van der Waals surface area contributed by atoms with Gasteiger partial charge in [0.15, 0.2) is 0 Å². The number of carbonyl (C=O) groups is 1. The third-order valence-electron chi connectivity index (χ3n) is 5.43. The van der Waals surface area contributed by atoms with E-state index in [1.54, 1.807) is 7.11 Å². The average Bonchev–Trinajstić information content (AvgIpc) is 3.57. The predicted molar refractivity (Wildman–Crippen MR) is 116 cm³/mol. The second kappa shape index (κ2) is 8.42. The molecule has 4 rings (SSSR count). The van der Waals surface area contributed by atoms with Crippen molar-refractivity contribution in [1.29, 1.82) is 0 Å². The van der Waals surface area contributed by atoms with Crippen LogP contribution in [0, 0.1) is 12.8 Å². The number of amides is 1. The molecule has 1 saturated carbocycles. The first-order valence-corrected chi connectivity index (χ1v) is 10.4. The number of aromatic nitrogens is 1. The molecule has 0 spiro atoms. The molecule has 1 aliphatic rings. The average molecular weight is 409 g/mol. The topological polar surface area (TPSA) is 42.4 Å². The Labute approximate surface area is 176 Å². The van der Waals surface area contributed by atoms with Crippen LogP contribution in [0.4, 0.5) is 0 Å². The minimum absolute atomic E-state index is 0.167. The van der Waals surface area contributed by atoms with E-state index in [1.807, 2.05) is 41.3 Å². The number of hydrogen-bond acceptors (Lipinski definition) is 3. The Morgan fingerprint density at radius 2 is 1.93 bits per heavy atom. The van der Waals surface area contributed by atoms with Crippen molar-refractivity contribution in [2.75, 3.05) is 13.7 Å². The van der Waals surface area contributed by atoms with Crippen LogP contribution >= 0.6 is 11.6 Å². The van der Waals surface area contributed by atoms with E-state index in [2.05, 4.69) is 24.0 Å². The van der Waals surface area contributed by atoms with Gasteiger partial charge in [0, 0.05) is 30.0 Å². The normalized spacial score (nSPS) is 13.5. The summed E-state index contributed by atoms with van der Waals surface area (Å²) in [5.74, 6) is 1.23. The fourth-order valence-corrected chi connectivity index (χ4v) is 3.75. The predicted octanol–water partition coefficient (Wildman–Crippen LogP) is 5.19. The molecule has 1 heterocycles. The Hall–Kier alpha value is -2.59. The van der Waals surface area contributed by atoms with Gasteiger partial charge in [-0.25, -0.2) is 4.98 Å². The fraction of sp³-hybridized carbons (Fsp3) is 0.333. The summed E-state index contributed by atoms with van der Waals surface area (Å²) in [4.78, 5) is 19.4. The lowest BCUT2D eigenvalue weighted by Gasteiger charge is -2.23. The van der Waals surface area contributed by atoms with Crippen LogP contribution in [0.2, 0.25) is 5.15 Å². The summed E-state index contributed by atoms with van der Waals surface area (Å²) in [6.07, 6.45) is 2.77. The van der Waals surface area contributed by atoms with E-state index in [9.17, 15) is 4.79 Å². The Balaban J connectivity index is 1.54. The van der Waals surface area contributed by atoms with Crippen LogP contribution in [0.3, 0.4) is 0 Å². The molecule has 5 heteroatoms. The van der Waals surface area contributed by atoms with Crippen molar-refractivity contribution in [3.8, 4) is 5.75 Å². The van der Waals surface area contributed by atoms with Crippen LogP contribution in [0.1, 0.15) is 29.5 Å². The summed E-state index contributed by atoms with van der Waals surface area (Å²) >= 11 is 6.47. The Morgan fingerprint density at radius 3 is 2.62 bits per heavy atom. The second-order valence-electron chi connectivity index (χ2n) is 7.77. The van der Waals surface area contributed by atoms with E-state index >= 15 is 0 Å². The van der Waals surface area contributed by atoms with Crippen LogP contribution in [-0.4, -0.2) is 29.4 Å². The van der Waals surface area contributed by atoms with Gasteiger partial charge in [-0.1, -0.05) is 35.4 Å². The van der Waals surface area contributed by atoms with Crippen LogP contribution in [0.5, 0.6) is 5.75 Å². The third kappa shape index (κ3) is 4.70. The SMILES string of the molecule is COc1ccc(CCN(Cc2cc3cc(C)ccc3nc2Cl)C(=O)C2CC2)cc1. The van der Waals surface area contributed by atoms with Gasteiger partial charge in [0.05, 0.1) is 12.6 Å². The molecule has 0 radical (unpaired) electrons. The van der Waals surface area contributed by atoms with Crippen molar-refractivity contribution in [3.05, 3.63) is 70.4 Å². The van der Waals surface area contributed by atoms with Gasteiger partial charge < -0.3 is 9.64 Å². The highest BCUT2D eigenvalue weighted by Crippen LogP contribution is 2.32. The fourth-order valence-electron chi connectivity index (χ4n) is 3.54. The molecule has 0 bridgehead atoms. The highest BCUT2D eigenvalue weighted by Gasteiger charge is 2.33. The molecule has 1 fully saturated rings. The maximum Gasteiger partial charge on any atom is 0.225 e. The van der Waals surface area contributed by atoms with E-state index in [-0.39, 0.29) is 11.8 Å². The summed E-state index contributed by atoms with van der Waals surface area (Å²) in [6.45, 7) is 3.20. The first kappa shape index (κ1) is 19.7. The number of halogens is 1. The van der Waals surface area contributed by atoms with Crippen molar-refractivity contribution < 1.29 is 9.53 Å². The van der Waals surface area contributed by atoms with Gasteiger partial charge in [0.25, 0.3) is 0 Å². The van der Waals surface area contributed by atoms with E-state index < -0.39 is 0 Å². The lowest BCUT2D eigenvalue weighted by atomic mass is 10.1. The molecule has 0 N–H and O–H groups in total. The highest BCUT2D eigenvalue weighted by atomic mass is 35.5. The standard InChI is InChI=1S/C24H25ClN2O2/c1-16-3-10-22-19(13-16)14-20(23(25)26-22)15-27(24(28)18-6-7-18)12-11-17-4-8-21(29-2)9-5-17/h3-5,8-10,13-14,18H,6-7,11-12,15H2,1-2H3. The molecule has 1 aliphatic carbocycles. The molecular weight excluding hydrogens is 384 g/mol. The summed E-state index contributed by atoms with van der Waals surface area (Å²) in [5.41, 5.74) is 4.13. The van der Waals surface area contributed by atoms with E-state index in [1.165, 1.54) is 11.1 Å². The molecule has 1 amide bonds. The number of pyridine rings is 1. The van der Waals surface area contributed by atoms with Gasteiger partial charge in [-0.3, -0.25) is 4.79 Å². The molecule has 0 unspecified atom stereocenters. The monoisotopic (exact) mass is 408 g/mol. The van der Waals surface area contributed by atoms with Crippen LogP contribution < -0.4 is 4.74 Å². The maximum absolute atomic E-state index is 12.9. The molecule has 0 saturated heterocycles. The lowest BCUT2D eigenvalue weighted by Crippen LogP contribution is -2.33. The van der Waals surface area contributed by atoms with Gasteiger partial charge in [0.1, 0.15) is 10.9 Å². The largest absolute Gasteiger partial charge is 0.497 e. The smallest absolute Gasteiger partial charge is 0.225 e.